The summed E-state index contributed by atoms with van der Waals surface area (Å²) in [5, 5.41) is 9.06. The van der Waals surface area contributed by atoms with E-state index >= 15 is 0 Å². The van der Waals surface area contributed by atoms with Gasteiger partial charge in [-0.1, -0.05) is 31.2 Å². The van der Waals surface area contributed by atoms with Gasteiger partial charge in [0, 0.05) is 0 Å². The molecule has 0 bridgehead atoms. The maximum Gasteiger partial charge on any atom is 0.321 e. The number of rotatable bonds is 5. The van der Waals surface area contributed by atoms with Gasteiger partial charge in [-0.05, 0) is 38.1 Å². The molecule has 0 spiro atoms. The monoisotopic (exact) mass is 221 g/mol. The summed E-state index contributed by atoms with van der Waals surface area (Å²) in [5.41, 5.74) is 2.35. The van der Waals surface area contributed by atoms with E-state index in [1.807, 2.05) is 12.1 Å². The lowest BCUT2D eigenvalue weighted by molar-refractivity contribution is -0.142. The highest BCUT2D eigenvalue weighted by atomic mass is 16.4. The fourth-order valence-corrected chi connectivity index (χ4v) is 1.63. The smallest absolute Gasteiger partial charge is 0.321 e. The summed E-state index contributed by atoms with van der Waals surface area (Å²) >= 11 is 0. The molecule has 3 heteroatoms. The van der Waals surface area contributed by atoms with Gasteiger partial charge in [0.05, 0.1) is 0 Å². The van der Waals surface area contributed by atoms with Crippen molar-refractivity contribution in [1.29, 1.82) is 0 Å². The van der Waals surface area contributed by atoms with E-state index in [4.69, 9.17) is 5.11 Å². The van der Waals surface area contributed by atoms with Crippen LogP contribution in [-0.2, 0) is 17.6 Å². The van der Waals surface area contributed by atoms with Gasteiger partial charge >= 0.3 is 5.97 Å². The molecule has 3 nitrogen and oxygen atoms in total. The van der Waals surface area contributed by atoms with Crippen molar-refractivity contribution in [2.45, 2.75) is 25.8 Å². The fraction of sp³-hybridized carbons (Fsp3) is 0.462. The molecule has 0 aliphatic heterocycles. The first-order valence-corrected chi connectivity index (χ1v) is 5.51. The number of hydrogen-bond acceptors (Lipinski definition) is 2. The van der Waals surface area contributed by atoms with E-state index in [0.717, 1.165) is 12.0 Å². The molecule has 0 fully saturated rings. The Labute approximate surface area is 96.7 Å². The Morgan fingerprint density at radius 3 is 2.12 bits per heavy atom. The number of carboxylic acids is 1. The van der Waals surface area contributed by atoms with Crippen LogP contribution in [0.25, 0.3) is 0 Å². The van der Waals surface area contributed by atoms with Crippen molar-refractivity contribution < 1.29 is 9.90 Å². The molecule has 1 N–H and O–H groups in total. The van der Waals surface area contributed by atoms with Gasteiger partial charge in [0.15, 0.2) is 0 Å². The third kappa shape index (κ3) is 3.35. The number of nitrogens with zero attached hydrogens (tertiary/aromatic N) is 1. The summed E-state index contributed by atoms with van der Waals surface area (Å²) in [6.07, 6.45) is 1.56. The van der Waals surface area contributed by atoms with E-state index in [0.29, 0.717) is 6.42 Å². The zero-order valence-electron chi connectivity index (χ0n) is 10.1. The van der Waals surface area contributed by atoms with Crippen molar-refractivity contribution in [3.63, 3.8) is 0 Å². The maximum atomic E-state index is 11.0. The second kappa shape index (κ2) is 5.66. The van der Waals surface area contributed by atoms with Crippen molar-refractivity contribution in [2.24, 2.45) is 0 Å². The van der Waals surface area contributed by atoms with Crippen molar-refractivity contribution in [2.75, 3.05) is 14.1 Å². The lowest BCUT2D eigenvalue weighted by Gasteiger charge is -2.19. The normalized spacial score (nSPS) is 12.8. The summed E-state index contributed by atoms with van der Waals surface area (Å²) < 4.78 is 0. The molecule has 0 aliphatic carbocycles. The Balaban J connectivity index is 2.74. The highest BCUT2D eigenvalue weighted by molar-refractivity contribution is 5.73. The number of aliphatic carboxylic acids is 1. The molecule has 0 saturated carbocycles. The summed E-state index contributed by atoms with van der Waals surface area (Å²) in [5.74, 6) is -0.774. The first kappa shape index (κ1) is 12.7. The van der Waals surface area contributed by atoms with Gasteiger partial charge in [-0.2, -0.15) is 0 Å². The average Bonchev–Trinajstić information content (AvgIpc) is 2.25. The molecular formula is C13H19NO2. The zero-order chi connectivity index (χ0) is 12.1. The number of carboxylic acid groups (broad SMARTS) is 1. The molecule has 1 aromatic carbocycles. The minimum Gasteiger partial charge on any atom is -0.480 e. The average molecular weight is 221 g/mol. The Hall–Kier alpha value is -1.35. The highest BCUT2D eigenvalue weighted by Crippen LogP contribution is 2.09. The van der Waals surface area contributed by atoms with Gasteiger partial charge in [-0.25, -0.2) is 0 Å². The summed E-state index contributed by atoms with van der Waals surface area (Å²) in [6, 6.07) is 7.69. The van der Waals surface area contributed by atoms with E-state index in [-0.39, 0.29) is 0 Å². The Bertz CT molecular complexity index is 343. The van der Waals surface area contributed by atoms with Gasteiger partial charge < -0.3 is 5.11 Å². The van der Waals surface area contributed by atoms with Crippen LogP contribution in [0.5, 0.6) is 0 Å². The molecule has 1 atom stereocenters. The second-order valence-corrected chi connectivity index (χ2v) is 4.19. The standard InChI is InChI=1S/C13H19NO2/c1-4-10-5-7-11(8-6-10)9-12(13(15)16)14(2)3/h5-8,12H,4,9H2,1-3H3,(H,15,16)/t12-/m1/s1. The second-order valence-electron chi connectivity index (χ2n) is 4.19. The van der Waals surface area contributed by atoms with Crippen LogP contribution < -0.4 is 0 Å². The lowest BCUT2D eigenvalue weighted by atomic mass is 10.0. The van der Waals surface area contributed by atoms with Crippen LogP contribution in [0.2, 0.25) is 0 Å². The molecule has 0 aromatic heterocycles. The van der Waals surface area contributed by atoms with E-state index in [2.05, 4.69) is 19.1 Å². The van der Waals surface area contributed by atoms with Crippen LogP contribution >= 0.6 is 0 Å². The summed E-state index contributed by atoms with van der Waals surface area (Å²) in [7, 11) is 3.58. The van der Waals surface area contributed by atoms with Crippen LogP contribution in [0, 0.1) is 0 Å². The van der Waals surface area contributed by atoms with Crippen molar-refractivity contribution in [3.8, 4) is 0 Å². The predicted octanol–water partition coefficient (Wildman–Crippen LogP) is 1.81. The van der Waals surface area contributed by atoms with Gasteiger partial charge in [0.2, 0.25) is 0 Å². The minimum atomic E-state index is -0.774. The molecule has 0 aliphatic rings. The summed E-state index contributed by atoms with van der Waals surface area (Å²) in [6.45, 7) is 2.11. The molecule has 1 rings (SSSR count). The van der Waals surface area contributed by atoms with Gasteiger partial charge in [0.25, 0.3) is 0 Å². The quantitative estimate of drug-likeness (QED) is 0.824. The molecule has 0 saturated heterocycles. The SMILES string of the molecule is CCc1ccc(C[C@H](C(=O)O)N(C)C)cc1. The van der Waals surface area contributed by atoms with Gasteiger partial charge in [0.1, 0.15) is 6.04 Å². The number of carbonyl (C=O) groups is 1. The number of aryl methyl sites for hydroxylation is 1. The Morgan fingerprint density at radius 2 is 1.75 bits per heavy atom. The number of benzene rings is 1. The van der Waals surface area contributed by atoms with Crippen LogP contribution in [0.1, 0.15) is 18.1 Å². The van der Waals surface area contributed by atoms with Crippen LogP contribution in [0.15, 0.2) is 24.3 Å². The topological polar surface area (TPSA) is 40.5 Å². The third-order valence-corrected chi connectivity index (χ3v) is 2.77. The van der Waals surface area contributed by atoms with Gasteiger partial charge in [-0.3, -0.25) is 9.69 Å². The number of likely N-dealkylation sites (N-methyl/N-ethyl adjacent to an activating group) is 1. The molecular weight excluding hydrogens is 202 g/mol. The fourth-order valence-electron chi connectivity index (χ4n) is 1.63. The first-order valence-electron chi connectivity index (χ1n) is 5.51. The van der Waals surface area contributed by atoms with Crippen LogP contribution in [-0.4, -0.2) is 36.1 Å². The van der Waals surface area contributed by atoms with Gasteiger partial charge in [-0.15, -0.1) is 0 Å². The molecule has 0 unspecified atom stereocenters. The largest absolute Gasteiger partial charge is 0.480 e. The van der Waals surface area contributed by atoms with Crippen LogP contribution in [0.3, 0.4) is 0 Å². The summed E-state index contributed by atoms with van der Waals surface area (Å²) in [4.78, 5) is 12.8. The Kier molecular flexibility index (Phi) is 4.50. The molecule has 0 amide bonds. The van der Waals surface area contributed by atoms with Crippen molar-refractivity contribution in [3.05, 3.63) is 35.4 Å². The minimum absolute atomic E-state index is 0.451. The first-order chi connectivity index (χ1) is 7.54. The van der Waals surface area contributed by atoms with E-state index in [1.165, 1.54) is 5.56 Å². The zero-order valence-corrected chi connectivity index (χ0v) is 10.1. The maximum absolute atomic E-state index is 11.0. The number of hydrogen-bond donors (Lipinski definition) is 1. The van der Waals surface area contributed by atoms with Crippen molar-refractivity contribution in [1.82, 2.24) is 4.90 Å². The predicted molar refractivity (Wildman–Crippen MR) is 64.6 cm³/mol. The molecule has 0 heterocycles. The Morgan fingerprint density at radius 1 is 1.25 bits per heavy atom. The van der Waals surface area contributed by atoms with E-state index in [9.17, 15) is 4.79 Å². The molecule has 16 heavy (non-hydrogen) atoms. The molecule has 88 valence electrons. The molecule has 0 radical (unpaired) electrons. The van der Waals surface area contributed by atoms with E-state index < -0.39 is 12.0 Å². The highest BCUT2D eigenvalue weighted by Gasteiger charge is 2.19. The molecule has 1 aromatic rings. The van der Waals surface area contributed by atoms with Crippen molar-refractivity contribution >= 4 is 5.97 Å². The lowest BCUT2D eigenvalue weighted by Crippen LogP contribution is -2.37. The van der Waals surface area contributed by atoms with Crippen LogP contribution in [0.4, 0.5) is 0 Å². The van der Waals surface area contributed by atoms with E-state index in [1.54, 1.807) is 19.0 Å². The third-order valence-electron chi connectivity index (χ3n) is 2.77.